The first-order valence-corrected chi connectivity index (χ1v) is 9.08. The molecule has 0 bridgehead atoms. The lowest BCUT2D eigenvalue weighted by atomic mass is 10.2. The normalized spacial score (nSPS) is 15.8. The molecule has 2 N–H and O–H groups in total. The summed E-state index contributed by atoms with van der Waals surface area (Å²) in [4.78, 5) is 20.6. The van der Waals surface area contributed by atoms with E-state index in [0.717, 1.165) is 44.4 Å². The van der Waals surface area contributed by atoms with Crippen molar-refractivity contribution in [2.75, 3.05) is 44.2 Å². The van der Waals surface area contributed by atoms with Gasteiger partial charge >= 0.3 is 5.97 Å². The summed E-state index contributed by atoms with van der Waals surface area (Å²) in [5.74, 6) is 0.683. The highest BCUT2D eigenvalue weighted by molar-refractivity contribution is 5.83. The molecule has 1 aliphatic rings. The van der Waals surface area contributed by atoms with Crippen LogP contribution in [0, 0.1) is 0 Å². The molecule has 0 aromatic heterocycles. The van der Waals surface area contributed by atoms with Crippen molar-refractivity contribution in [1.29, 1.82) is 0 Å². The van der Waals surface area contributed by atoms with Crippen LogP contribution in [-0.2, 0) is 9.53 Å². The summed E-state index contributed by atoms with van der Waals surface area (Å²) in [5.41, 5.74) is 0.344. The Labute approximate surface area is 155 Å². The van der Waals surface area contributed by atoms with Crippen LogP contribution in [0.1, 0.15) is 27.7 Å². The van der Waals surface area contributed by atoms with Crippen molar-refractivity contribution >= 4 is 17.6 Å². The van der Waals surface area contributed by atoms with E-state index in [-0.39, 0.29) is 12.5 Å². The zero-order valence-electron chi connectivity index (χ0n) is 16.2. The van der Waals surface area contributed by atoms with Crippen LogP contribution in [0.4, 0.5) is 5.69 Å². The molecule has 0 spiro atoms. The van der Waals surface area contributed by atoms with Crippen LogP contribution in [0.2, 0.25) is 0 Å². The van der Waals surface area contributed by atoms with Crippen LogP contribution >= 0.6 is 0 Å². The van der Waals surface area contributed by atoms with Crippen LogP contribution in [0.25, 0.3) is 0 Å². The molecule has 0 atom stereocenters. The summed E-state index contributed by atoms with van der Waals surface area (Å²) in [5, 5.41) is 13.3. The number of hydrogen-bond acceptors (Lipinski definition) is 5. The Bertz CT molecular complexity index is 632. The van der Waals surface area contributed by atoms with Crippen molar-refractivity contribution in [2.45, 2.75) is 33.3 Å². The van der Waals surface area contributed by atoms with Crippen molar-refractivity contribution in [3.63, 3.8) is 0 Å². The van der Waals surface area contributed by atoms with Crippen molar-refractivity contribution in [3.05, 3.63) is 24.3 Å². The van der Waals surface area contributed by atoms with Gasteiger partial charge in [-0.3, -0.25) is 4.79 Å². The molecule has 1 aromatic rings. The SMILES string of the molecule is CCNC(=NCC(=O)OC(C)(C)C)N1CCN(c2ccccc2O)CC1. The number of esters is 1. The van der Waals surface area contributed by atoms with Crippen molar-refractivity contribution in [1.82, 2.24) is 10.2 Å². The monoisotopic (exact) mass is 362 g/mol. The zero-order chi connectivity index (χ0) is 19.2. The standard InChI is InChI=1S/C19H30N4O3/c1-5-20-18(21-14-17(25)26-19(2,3)4)23-12-10-22(11-13-23)15-8-6-7-9-16(15)24/h6-9,24H,5,10-14H2,1-4H3,(H,20,21). The summed E-state index contributed by atoms with van der Waals surface area (Å²) >= 11 is 0. The number of aliphatic imine (C=N–C) groups is 1. The van der Waals surface area contributed by atoms with Gasteiger partial charge in [0.1, 0.15) is 17.9 Å². The number of aromatic hydroxyl groups is 1. The number of carbonyl (C=O) groups is 1. The van der Waals surface area contributed by atoms with Gasteiger partial charge < -0.3 is 25.0 Å². The molecule has 7 nitrogen and oxygen atoms in total. The minimum Gasteiger partial charge on any atom is -0.506 e. The number of piperazine rings is 1. The zero-order valence-corrected chi connectivity index (χ0v) is 16.2. The van der Waals surface area contributed by atoms with Gasteiger partial charge in [0.25, 0.3) is 0 Å². The first-order chi connectivity index (χ1) is 12.3. The van der Waals surface area contributed by atoms with Gasteiger partial charge in [0.15, 0.2) is 5.96 Å². The number of rotatable bonds is 4. The van der Waals surface area contributed by atoms with E-state index in [1.165, 1.54) is 0 Å². The van der Waals surface area contributed by atoms with Crippen molar-refractivity contribution < 1.29 is 14.6 Å². The van der Waals surface area contributed by atoms with Crippen molar-refractivity contribution in [3.8, 4) is 5.75 Å². The smallest absolute Gasteiger partial charge is 0.328 e. The Kier molecular flexibility index (Phi) is 6.71. The number of phenols is 1. The molecule has 1 fully saturated rings. The topological polar surface area (TPSA) is 77.4 Å². The molecule has 1 aliphatic heterocycles. The molecule has 0 radical (unpaired) electrons. The van der Waals surface area contributed by atoms with Gasteiger partial charge in [-0.2, -0.15) is 0 Å². The minimum atomic E-state index is -0.506. The van der Waals surface area contributed by atoms with Gasteiger partial charge in [-0.05, 0) is 39.8 Å². The van der Waals surface area contributed by atoms with Crippen molar-refractivity contribution in [2.24, 2.45) is 4.99 Å². The summed E-state index contributed by atoms with van der Waals surface area (Å²) in [6, 6.07) is 7.37. The lowest BCUT2D eigenvalue weighted by Gasteiger charge is -2.37. The van der Waals surface area contributed by atoms with Crippen LogP contribution < -0.4 is 10.2 Å². The molecule has 0 aliphatic carbocycles. The highest BCUT2D eigenvalue weighted by Crippen LogP contribution is 2.27. The molecule has 26 heavy (non-hydrogen) atoms. The number of guanidine groups is 1. The van der Waals surface area contributed by atoms with E-state index < -0.39 is 5.60 Å². The molecule has 1 aromatic carbocycles. The molecule has 1 saturated heterocycles. The molecule has 2 rings (SSSR count). The average molecular weight is 362 g/mol. The first-order valence-electron chi connectivity index (χ1n) is 9.08. The van der Waals surface area contributed by atoms with E-state index in [1.807, 2.05) is 45.9 Å². The second kappa shape index (κ2) is 8.78. The Morgan fingerprint density at radius 2 is 1.88 bits per heavy atom. The van der Waals surface area contributed by atoms with Gasteiger partial charge in [0.2, 0.25) is 0 Å². The summed E-state index contributed by atoms with van der Waals surface area (Å²) < 4.78 is 5.31. The fourth-order valence-electron chi connectivity index (χ4n) is 2.83. The minimum absolute atomic E-state index is 0.000703. The maximum Gasteiger partial charge on any atom is 0.328 e. The fraction of sp³-hybridized carbons (Fsp3) is 0.579. The first kappa shape index (κ1) is 19.9. The number of benzene rings is 1. The van der Waals surface area contributed by atoms with Crippen LogP contribution in [0.15, 0.2) is 29.3 Å². The number of anilines is 1. The van der Waals surface area contributed by atoms with Gasteiger partial charge in [-0.15, -0.1) is 0 Å². The molecule has 7 heteroatoms. The number of ether oxygens (including phenoxy) is 1. The Morgan fingerprint density at radius 1 is 1.23 bits per heavy atom. The molecule has 0 unspecified atom stereocenters. The highest BCUT2D eigenvalue weighted by Gasteiger charge is 2.22. The van der Waals surface area contributed by atoms with Crippen LogP contribution in [0.5, 0.6) is 5.75 Å². The lowest BCUT2D eigenvalue weighted by Crippen LogP contribution is -2.52. The number of hydrogen-bond donors (Lipinski definition) is 2. The molecule has 0 amide bonds. The second-order valence-electron chi connectivity index (χ2n) is 7.22. The summed E-state index contributed by atoms with van der Waals surface area (Å²) in [6.45, 7) is 11.3. The molecule has 0 saturated carbocycles. The fourth-order valence-corrected chi connectivity index (χ4v) is 2.83. The Balaban J connectivity index is 1.96. The molecular weight excluding hydrogens is 332 g/mol. The van der Waals surface area contributed by atoms with Gasteiger partial charge in [0, 0.05) is 32.7 Å². The third-order valence-corrected chi connectivity index (χ3v) is 3.91. The summed E-state index contributed by atoms with van der Waals surface area (Å²) in [6.07, 6.45) is 0. The van der Waals surface area contributed by atoms with E-state index in [2.05, 4.69) is 20.1 Å². The maximum atomic E-state index is 11.9. The van der Waals surface area contributed by atoms with E-state index in [0.29, 0.717) is 5.75 Å². The van der Waals surface area contributed by atoms with E-state index in [9.17, 15) is 9.90 Å². The molecular formula is C19H30N4O3. The predicted molar refractivity (Wildman–Crippen MR) is 104 cm³/mol. The lowest BCUT2D eigenvalue weighted by molar-refractivity contribution is -0.152. The van der Waals surface area contributed by atoms with E-state index >= 15 is 0 Å². The number of phenolic OH excluding ortho intramolecular Hbond substituents is 1. The average Bonchev–Trinajstić information content (AvgIpc) is 2.58. The number of nitrogens with one attached hydrogen (secondary N) is 1. The van der Waals surface area contributed by atoms with E-state index in [4.69, 9.17) is 4.74 Å². The summed E-state index contributed by atoms with van der Waals surface area (Å²) in [7, 11) is 0. The quantitative estimate of drug-likeness (QED) is 0.483. The van der Waals surface area contributed by atoms with Crippen LogP contribution in [0.3, 0.4) is 0 Å². The Hall–Kier alpha value is -2.44. The van der Waals surface area contributed by atoms with Crippen LogP contribution in [-0.4, -0.2) is 66.8 Å². The third kappa shape index (κ3) is 5.82. The second-order valence-corrected chi connectivity index (χ2v) is 7.22. The van der Waals surface area contributed by atoms with Gasteiger partial charge in [0.05, 0.1) is 5.69 Å². The number of carbonyl (C=O) groups excluding carboxylic acids is 1. The third-order valence-electron chi connectivity index (χ3n) is 3.91. The molecule has 1 heterocycles. The Morgan fingerprint density at radius 3 is 2.46 bits per heavy atom. The van der Waals surface area contributed by atoms with E-state index in [1.54, 1.807) is 6.07 Å². The highest BCUT2D eigenvalue weighted by atomic mass is 16.6. The predicted octanol–water partition coefficient (Wildman–Crippen LogP) is 1.82. The van der Waals surface area contributed by atoms with Gasteiger partial charge in [-0.25, -0.2) is 4.99 Å². The number of nitrogens with zero attached hydrogens (tertiary/aromatic N) is 3. The largest absolute Gasteiger partial charge is 0.506 e. The maximum absolute atomic E-state index is 11.9. The number of para-hydroxylation sites is 2. The van der Waals surface area contributed by atoms with Gasteiger partial charge in [-0.1, -0.05) is 12.1 Å². The molecule has 144 valence electrons.